The molecule has 3 heteroatoms. The predicted molar refractivity (Wildman–Crippen MR) is 240 cm³/mol. The highest BCUT2D eigenvalue weighted by Crippen LogP contribution is 2.53. The number of thiophene rings is 1. The molecule has 2 nitrogen and oxygen atoms in total. The van der Waals surface area contributed by atoms with E-state index in [0.717, 1.165) is 44.8 Å². The van der Waals surface area contributed by atoms with Crippen molar-refractivity contribution in [1.82, 2.24) is 9.97 Å². The van der Waals surface area contributed by atoms with Crippen molar-refractivity contribution >= 4 is 31.5 Å². The van der Waals surface area contributed by atoms with Gasteiger partial charge in [-0.05, 0) is 81.3 Å². The van der Waals surface area contributed by atoms with Crippen molar-refractivity contribution in [2.24, 2.45) is 0 Å². The first-order valence-corrected chi connectivity index (χ1v) is 20.3. The van der Waals surface area contributed by atoms with Crippen molar-refractivity contribution in [2.75, 3.05) is 0 Å². The van der Waals surface area contributed by atoms with Crippen LogP contribution in [0.4, 0.5) is 0 Å². The minimum absolute atomic E-state index is 0.288. The molecule has 1 unspecified atom stereocenters. The highest BCUT2D eigenvalue weighted by Gasteiger charge is 2.40. The van der Waals surface area contributed by atoms with Crippen LogP contribution >= 0.6 is 11.3 Å². The summed E-state index contributed by atoms with van der Waals surface area (Å²) < 4.78 is 2.59. The van der Waals surface area contributed by atoms with Crippen LogP contribution in [0.15, 0.2) is 200 Å². The molecule has 0 bridgehead atoms. The summed E-state index contributed by atoms with van der Waals surface area (Å²) in [6.45, 7) is 2.38. The smallest absolute Gasteiger partial charge is 0.160 e. The van der Waals surface area contributed by atoms with Crippen LogP contribution in [0.5, 0.6) is 0 Å². The molecule has 1 aliphatic rings. The lowest BCUT2D eigenvalue weighted by Crippen LogP contribution is -2.22. The van der Waals surface area contributed by atoms with Gasteiger partial charge in [-0.25, -0.2) is 9.97 Å². The first-order chi connectivity index (χ1) is 28.1. The van der Waals surface area contributed by atoms with Gasteiger partial charge in [0.1, 0.15) is 0 Å². The molecule has 2 heterocycles. The molecule has 0 amide bonds. The second-order valence-electron chi connectivity index (χ2n) is 15.0. The molecule has 0 fully saturated rings. The molecule has 8 aromatic carbocycles. The maximum atomic E-state index is 5.32. The third-order valence-corrected chi connectivity index (χ3v) is 13.0. The SMILES string of the molecule is CC1(c2ccccc2)c2ccccc2-c2ccc(-c3ccccc3-c3cc(-c4ccccc4-c4ccc5c(c4)sc4ccccc45)nc(-c4ccccc4)n3)cc21. The Morgan fingerprint density at radius 1 is 0.368 bits per heavy atom. The molecular formula is C54H36N2S. The number of aromatic nitrogens is 2. The Bertz CT molecular complexity index is 3140. The van der Waals surface area contributed by atoms with Crippen LogP contribution in [0.1, 0.15) is 23.6 Å². The Hall–Kier alpha value is -6.94. The van der Waals surface area contributed by atoms with Crippen molar-refractivity contribution < 1.29 is 0 Å². The van der Waals surface area contributed by atoms with Gasteiger partial charge in [-0.1, -0.05) is 176 Å². The van der Waals surface area contributed by atoms with Crippen LogP contribution in [0.2, 0.25) is 0 Å². The molecule has 0 saturated carbocycles. The summed E-state index contributed by atoms with van der Waals surface area (Å²) in [4.78, 5) is 10.6. The van der Waals surface area contributed by atoms with E-state index in [1.807, 2.05) is 17.4 Å². The third-order valence-electron chi connectivity index (χ3n) is 11.8. The summed E-state index contributed by atoms with van der Waals surface area (Å²) >= 11 is 1.85. The van der Waals surface area contributed by atoms with Crippen LogP contribution < -0.4 is 0 Å². The van der Waals surface area contributed by atoms with E-state index in [-0.39, 0.29) is 5.41 Å². The number of benzene rings is 8. The molecule has 2 aromatic heterocycles. The van der Waals surface area contributed by atoms with Gasteiger partial charge >= 0.3 is 0 Å². The minimum Gasteiger partial charge on any atom is -0.228 e. The van der Waals surface area contributed by atoms with Crippen LogP contribution in [0.25, 0.3) is 87.5 Å². The second-order valence-corrected chi connectivity index (χ2v) is 16.1. The molecule has 1 atom stereocenters. The van der Waals surface area contributed by atoms with Crippen molar-refractivity contribution in [1.29, 1.82) is 0 Å². The summed E-state index contributed by atoms with van der Waals surface area (Å²) in [6.07, 6.45) is 0. The molecule has 268 valence electrons. The Labute approximate surface area is 336 Å². The highest BCUT2D eigenvalue weighted by molar-refractivity contribution is 7.25. The van der Waals surface area contributed by atoms with E-state index < -0.39 is 0 Å². The number of nitrogens with zero attached hydrogens (tertiary/aromatic N) is 2. The van der Waals surface area contributed by atoms with Gasteiger partial charge in [0.2, 0.25) is 0 Å². The van der Waals surface area contributed by atoms with E-state index >= 15 is 0 Å². The summed E-state index contributed by atoms with van der Waals surface area (Å²) in [5.74, 6) is 0.703. The number of hydrogen-bond donors (Lipinski definition) is 0. The molecule has 57 heavy (non-hydrogen) atoms. The molecule has 0 N–H and O–H groups in total. The van der Waals surface area contributed by atoms with Crippen molar-refractivity contribution in [3.8, 4) is 67.3 Å². The zero-order valence-corrected chi connectivity index (χ0v) is 32.2. The van der Waals surface area contributed by atoms with Crippen LogP contribution in [-0.4, -0.2) is 9.97 Å². The number of hydrogen-bond acceptors (Lipinski definition) is 3. The Morgan fingerprint density at radius 2 is 0.895 bits per heavy atom. The fourth-order valence-corrected chi connectivity index (χ4v) is 10.1. The summed E-state index contributed by atoms with van der Waals surface area (Å²) in [6, 6.07) is 72.2. The van der Waals surface area contributed by atoms with Crippen LogP contribution in [0.3, 0.4) is 0 Å². The molecule has 0 radical (unpaired) electrons. The minimum atomic E-state index is -0.288. The summed E-state index contributed by atoms with van der Waals surface area (Å²) in [5, 5.41) is 2.60. The number of fused-ring (bicyclic) bond motifs is 6. The zero-order chi connectivity index (χ0) is 37.9. The monoisotopic (exact) mass is 744 g/mol. The van der Waals surface area contributed by atoms with Gasteiger partial charge in [-0.3, -0.25) is 0 Å². The topological polar surface area (TPSA) is 25.8 Å². The molecule has 0 spiro atoms. The van der Waals surface area contributed by atoms with Gasteiger partial charge in [-0.15, -0.1) is 11.3 Å². The van der Waals surface area contributed by atoms with Crippen LogP contribution in [-0.2, 0) is 5.41 Å². The van der Waals surface area contributed by atoms with Gasteiger partial charge in [0, 0.05) is 42.3 Å². The second kappa shape index (κ2) is 13.4. The van der Waals surface area contributed by atoms with Crippen LogP contribution in [0, 0.1) is 0 Å². The van der Waals surface area contributed by atoms with Gasteiger partial charge < -0.3 is 0 Å². The fourth-order valence-electron chi connectivity index (χ4n) is 8.99. The Balaban J connectivity index is 1.08. The van der Waals surface area contributed by atoms with E-state index in [9.17, 15) is 0 Å². The number of rotatable bonds is 6. The quantitative estimate of drug-likeness (QED) is 0.169. The zero-order valence-electron chi connectivity index (χ0n) is 31.4. The van der Waals surface area contributed by atoms with Gasteiger partial charge in [-0.2, -0.15) is 0 Å². The van der Waals surface area contributed by atoms with Crippen molar-refractivity contribution in [3.05, 3.63) is 217 Å². The van der Waals surface area contributed by atoms with Crippen molar-refractivity contribution in [2.45, 2.75) is 12.3 Å². The lowest BCUT2D eigenvalue weighted by atomic mass is 9.74. The van der Waals surface area contributed by atoms with E-state index in [1.54, 1.807) is 0 Å². The summed E-state index contributed by atoms with van der Waals surface area (Å²) in [5.41, 5.74) is 15.8. The highest BCUT2D eigenvalue weighted by atomic mass is 32.1. The standard InChI is InChI=1S/C54H36N2S/c1-54(38-18-6-3-7-19-38)47-26-14-12-22-41(47)42-30-28-36(32-48(42)54)39-20-8-10-23-43(39)49-34-50(56-53(55-49)35-16-4-2-5-17-35)44-24-11-9-21-40(44)37-29-31-46-45-25-13-15-27-51(45)57-52(46)33-37/h2-34H,1H3. The first kappa shape index (κ1) is 33.4. The lowest BCUT2D eigenvalue weighted by molar-refractivity contribution is 0.714. The van der Waals surface area contributed by atoms with Gasteiger partial charge in [0.05, 0.1) is 11.4 Å². The average molecular weight is 745 g/mol. The lowest BCUT2D eigenvalue weighted by Gasteiger charge is -2.28. The molecule has 10 aromatic rings. The fraction of sp³-hybridized carbons (Fsp3) is 0.0370. The molecular weight excluding hydrogens is 709 g/mol. The first-order valence-electron chi connectivity index (χ1n) is 19.5. The molecule has 0 saturated heterocycles. The van der Waals surface area contributed by atoms with E-state index in [0.29, 0.717) is 5.82 Å². The van der Waals surface area contributed by atoms with Gasteiger partial charge in [0.15, 0.2) is 5.82 Å². The molecule has 1 aliphatic carbocycles. The Kier molecular flexibility index (Phi) is 7.84. The summed E-state index contributed by atoms with van der Waals surface area (Å²) in [7, 11) is 0. The van der Waals surface area contributed by atoms with Crippen molar-refractivity contribution in [3.63, 3.8) is 0 Å². The average Bonchev–Trinajstić information content (AvgIpc) is 3.79. The maximum Gasteiger partial charge on any atom is 0.160 e. The maximum absolute atomic E-state index is 5.32. The molecule has 0 aliphatic heterocycles. The third kappa shape index (κ3) is 5.46. The van der Waals surface area contributed by atoms with Gasteiger partial charge in [0.25, 0.3) is 0 Å². The van der Waals surface area contributed by atoms with E-state index in [1.165, 1.54) is 53.6 Å². The molecule has 11 rings (SSSR count). The van der Waals surface area contributed by atoms with E-state index in [2.05, 4.69) is 201 Å². The largest absolute Gasteiger partial charge is 0.228 e. The Morgan fingerprint density at radius 3 is 1.61 bits per heavy atom. The predicted octanol–water partition coefficient (Wildman–Crippen LogP) is 14.5. The normalized spacial score (nSPS) is 14.5. The van der Waals surface area contributed by atoms with E-state index in [4.69, 9.17) is 9.97 Å².